The number of alkyl halides is 3. The van der Waals surface area contributed by atoms with E-state index in [2.05, 4.69) is 36.5 Å². The molecule has 1 fully saturated rings. The molecule has 0 bridgehead atoms. The number of benzene rings is 1. The van der Waals surface area contributed by atoms with E-state index < -0.39 is 12.1 Å². The Kier molecular flexibility index (Phi) is 7.73. The SMILES string of the molecule is Cc1nnc(-c2ccc(-c3cc(-c4cc(C#N)c(N5CCNCC5)[nH]4)ccn3)cc2)o1.O=C(O)C(F)(F)F. The molecule has 1 saturated heterocycles. The Morgan fingerprint density at radius 2 is 1.74 bits per heavy atom. The lowest BCUT2D eigenvalue weighted by Crippen LogP contribution is -2.44. The van der Waals surface area contributed by atoms with Crippen LogP contribution in [-0.4, -0.2) is 63.6 Å². The number of hydrogen-bond donors (Lipinski definition) is 3. The van der Waals surface area contributed by atoms with E-state index in [4.69, 9.17) is 14.3 Å². The van der Waals surface area contributed by atoms with Crippen molar-refractivity contribution in [3.8, 4) is 40.0 Å². The minimum Gasteiger partial charge on any atom is -0.475 e. The molecule has 5 rings (SSSR count). The summed E-state index contributed by atoms with van der Waals surface area (Å²) in [5.74, 6) is -0.831. The molecule has 3 N–H and O–H groups in total. The molecule has 196 valence electrons. The molecule has 0 saturated carbocycles. The largest absolute Gasteiger partial charge is 0.490 e. The summed E-state index contributed by atoms with van der Waals surface area (Å²) in [6.07, 6.45) is -3.29. The van der Waals surface area contributed by atoms with Gasteiger partial charge in [-0.05, 0) is 30.3 Å². The number of aromatic nitrogens is 4. The Morgan fingerprint density at radius 3 is 2.32 bits per heavy atom. The second-order valence-corrected chi connectivity index (χ2v) is 8.23. The fourth-order valence-corrected chi connectivity index (χ4v) is 3.77. The molecule has 1 aliphatic heterocycles. The number of aliphatic carboxylic acids is 1. The van der Waals surface area contributed by atoms with E-state index in [1.165, 1.54) is 0 Å². The van der Waals surface area contributed by atoms with E-state index in [-0.39, 0.29) is 0 Å². The van der Waals surface area contributed by atoms with Crippen LogP contribution in [0.2, 0.25) is 0 Å². The molecule has 0 spiro atoms. The maximum atomic E-state index is 10.6. The molecule has 0 amide bonds. The van der Waals surface area contributed by atoms with Crippen LogP contribution < -0.4 is 10.2 Å². The Morgan fingerprint density at radius 1 is 1.08 bits per heavy atom. The summed E-state index contributed by atoms with van der Waals surface area (Å²) in [6.45, 7) is 5.35. The normalized spacial score (nSPS) is 13.4. The van der Waals surface area contributed by atoms with Crippen LogP contribution in [0.3, 0.4) is 0 Å². The molecule has 0 unspecified atom stereocenters. The van der Waals surface area contributed by atoms with E-state index in [0.717, 1.165) is 60.1 Å². The molecule has 0 atom stereocenters. The number of nitrogens with one attached hydrogen (secondary N) is 2. The van der Waals surface area contributed by atoms with Gasteiger partial charge in [0.1, 0.15) is 11.9 Å². The van der Waals surface area contributed by atoms with Crippen LogP contribution in [-0.2, 0) is 4.79 Å². The number of rotatable bonds is 4. The number of aromatic amines is 1. The third-order valence-electron chi connectivity index (χ3n) is 5.62. The average Bonchev–Trinajstić information content (AvgIpc) is 3.56. The first-order valence-corrected chi connectivity index (χ1v) is 11.4. The van der Waals surface area contributed by atoms with Gasteiger partial charge in [0.05, 0.1) is 11.3 Å². The van der Waals surface area contributed by atoms with Gasteiger partial charge in [-0.15, -0.1) is 10.2 Å². The van der Waals surface area contributed by atoms with Crippen LogP contribution in [0.25, 0.3) is 34.0 Å². The van der Waals surface area contributed by atoms with E-state index in [0.29, 0.717) is 17.3 Å². The summed E-state index contributed by atoms with van der Waals surface area (Å²) in [4.78, 5) is 19.1. The van der Waals surface area contributed by atoms with Crippen LogP contribution in [0, 0.1) is 18.3 Å². The molecule has 3 aromatic heterocycles. The predicted octanol–water partition coefficient (Wildman–Crippen LogP) is 4.02. The first-order valence-electron chi connectivity index (χ1n) is 11.4. The minimum absolute atomic E-state index is 0.502. The fraction of sp³-hybridized carbons (Fsp3) is 0.240. The van der Waals surface area contributed by atoms with Crippen LogP contribution in [0.1, 0.15) is 11.5 Å². The van der Waals surface area contributed by atoms with Crippen molar-refractivity contribution in [3.63, 3.8) is 0 Å². The van der Waals surface area contributed by atoms with E-state index in [1.807, 2.05) is 42.5 Å². The molecule has 1 aliphatic rings. The lowest BCUT2D eigenvalue weighted by atomic mass is 10.1. The van der Waals surface area contributed by atoms with Crippen molar-refractivity contribution in [1.82, 2.24) is 25.5 Å². The number of carboxylic acids is 1. The number of anilines is 1. The number of carbonyl (C=O) groups is 1. The highest BCUT2D eigenvalue weighted by molar-refractivity contribution is 5.74. The highest BCUT2D eigenvalue weighted by atomic mass is 19.4. The zero-order chi connectivity index (χ0) is 27.3. The number of hydrogen-bond acceptors (Lipinski definition) is 8. The molecule has 10 nitrogen and oxygen atoms in total. The average molecular weight is 525 g/mol. The highest BCUT2D eigenvalue weighted by Gasteiger charge is 2.38. The third-order valence-corrected chi connectivity index (χ3v) is 5.62. The number of piperazine rings is 1. The van der Waals surface area contributed by atoms with E-state index in [9.17, 15) is 18.4 Å². The van der Waals surface area contributed by atoms with Crippen molar-refractivity contribution in [2.24, 2.45) is 0 Å². The maximum Gasteiger partial charge on any atom is 0.490 e. The Balaban J connectivity index is 0.000000426. The van der Waals surface area contributed by atoms with E-state index >= 15 is 0 Å². The second kappa shape index (κ2) is 11.1. The van der Waals surface area contributed by atoms with Crippen LogP contribution in [0.5, 0.6) is 0 Å². The highest BCUT2D eigenvalue weighted by Crippen LogP contribution is 2.30. The van der Waals surface area contributed by atoms with Crippen LogP contribution >= 0.6 is 0 Å². The van der Waals surface area contributed by atoms with Crippen molar-refractivity contribution in [2.45, 2.75) is 13.1 Å². The van der Waals surface area contributed by atoms with Crippen LogP contribution in [0.15, 0.2) is 53.1 Å². The first kappa shape index (κ1) is 26.4. The minimum atomic E-state index is -5.08. The van der Waals surface area contributed by atoms with Gasteiger partial charge in [0, 0.05) is 61.7 Å². The summed E-state index contributed by atoms with van der Waals surface area (Å²) in [6, 6.07) is 16.1. The number of nitrogens with zero attached hydrogens (tertiary/aromatic N) is 5. The van der Waals surface area contributed by atoms with Crippen molar-refractivity contribution < 1.29 is 27.5 Å². The number of nitriles is 1. The third kappa shape index (κ3) is 6.16. The molecule has 0 radical (unpaired) electrons. The molecule has 0 aliphatic carbocycles. The van der Waals surface area contributed by atoms with Crippen molar-refractivity contribution >= 4 is 11.8 Å². The number of aryl methyl sites for hydroxylation is 1. The Hall–Kier alpha value is -4.70. The quantitative estimate of drug-likeness (QED) is 0.360. The van der Waals surface area contributed by atoms with Crippen molar-refractivity contribution in [1.29, 1.82) is 5.26 Å². The summed E-state index contributed by atoms with van der Waals surface area (Å²) in [5, 5.41) is 28.0. The lowest BCUT2D eigenvalue weighted by Gasteiger charge is -2.28. The van der Waals surface area contributed by atoms with Gasteiger partial charge in [0.25, 0.3) is 0 Å². The van der Waals surface area contributed by atoms with Gasteiger partial charge in [-0.1, -0.05) is 12.1 Å². The summed E-state index contributed by atoms with van der Waals surface area (Å²) in [7, 11) is 0. The molecule has 38 heavy (non-hydrogen) atoms. The summed E-state index contributed by atoms with van der Waals surface area (Å²) in [5.41, 5.74) is 5.25. The molecule has 13 heteroatoms. The lowest BCUT2D eigenvalue weighted by molar-refractivity contribution is -0.192. The predicted molar refractivity (Wildman–Crippen MR) is 131 cm³/mol. The van der Waals surface area contributed by atoms with Gasteiger partial charge in [0.15, 0.2) is 0 Å². The van der Waals surface area contributed by atoms with Crippen LogP contribution in [0.4, 0.5) is 19.0 Å². The van der Waals surface area contributed by atoms with E-state index in [1.54, 1.807) is 13.1 Å². The summed E-state index contributed by atoms with van der Waals surface area (Å²) >= 11 is 0. The van der Waals surface area contributed by atoms with Gasteiger partial charge in [-0.25, -0.2) is 4.79 Å². The molecule has 1 aromatic carbocycles. The number of halogens is 3. The number of carboxylic acid groups (broad SMARTS) is 1. The smallest absolute Gasteiger partial charge is 0.475 e. The molecular formula is C25H22F3N7O3. The zero-order valence-corrected chi connectivity index (χ0v) is 20.1. The molecule has 4 aromatic rings. The Labute approximate surface area is 214 Å². The second-order valence-electron chi connectivity index (χ2n) is 8.23. The van der Waals surface area contributed by atoms with Crippen molar-refractivity contribution in [3.05, 3.63) is 60.1 Å². The zero-order valence-electron chi connectivity index (χ0n) is 20.1. The fourth-order valence-electron chi connectivity index (χ4n) is 3.77. The van der Waals surface area contributed by atoms with Gasteiger partial charge in [0.2, 0.25) is 11.8 Å². The molecule has 4 heterocycles. The first-order chi connectivity index (χ1) is 18.2. The Bertz CT molecular complexity index is 1450. The summed E-state index contributed by atoms with van der Waals surface area (Å²) < 4.78 is 37.2. The monoisotopic (exact) mass is 525 g/mol. The standard InChI is InChI=1S/C23H21N7O.C2HF3O2/c1-15-28-29-23(31-15)17-4-2-16(3-5-17)20-12-18(6-7-26-20)21-13-19(14-24)22(27-21)30-10-8-25-9-11-30;3-2(4,5)1(6)7/h2-7,12-13,25,27H,8-11H2,1H3;(H,6,7). The molecular weight excluding hydrogens is 503 g/mol. The van der Waals surface area contributed by atoms with Gasteiger partial charge in [-0.2, -0.15) is 18.4 Å². The van der Waals surface area contributed by atoms with Gasteiger partial charge in [-0.3, -0.25) is 4.98 Å². The number of pyridine rings is 1. The van der Waals surface area contributed by atoms with Crippen molar-refractivity contribution in [2.75, 3.05) is 31.1 Å². The maximum absolute atomic E-state index is 10.6. The number of H-pyrrole nitrogens is 1. The van der Waals surface area contributed by atoms with Gasteiger partial charge >= 0.3 is 12.1 Å². The van der Waals surface area contributed by atoms with Gasteiger partial charge < -0.3 is 24.7 Å². The topological polar surface area (TPSA) is 144 Å².